The Labute approximate surface area is 129 Å². The summed E-state index contributed by atoms with van der Waals surface area (Å²) in [4.78, 5) is 11.9. The van der Waals surface area contributed by atoms with E-state index in [0.29, 0.717) is 23.8 Å². The summed E-state index contributed by atoms with van der Waals surface area (Å²) in [6, 6.07) is 5.10. The van der Waals surface area contributed by atoms with E-state index in [-0.39, 0.29) is 12.1 Å². The number of amides is 2. The Bertz CT molecular complexity index is 613. The molecule has 1 heterocycles. The molecule has 0 radical (unpaired) electrons. The molecule has 0 saturated heterocycles. The molecule has 2 aromatic rings. The SMILES string of the molecule is CCOc1ccc([C@@H](C)NC(=O)Nc2cn[nH]c2)cc1OC. The average Bonchev–Trinajstić information content (AvgIpc) is 3.00. The second kappa shape index (κ2) is 7.35. The summed E-state index contributed by atoms with van der Waals surface area (Å²) in [6.45, 7) is 4.37. The summed E-state index contributed by atoms with van der Waals surface area (Å²) in [6.07, 6.45) is 3.13. The van der Waals surface area contributed by atoms with E-state index in [2.05, 4.69) is 20.8 Å². The molecule has 2 rings (SSSR count). The molecule has 1 atom stereocenters. The Kier molecular flexibility index (Phi) is 5.24. The van der Waals surface area contributed by atoms with E-state index in [4.69, 9.17) is 9.47 Å². The van der Waals surface area contributed by atoms with Crippen molar-refractivity contribution in [1.82, 2.24) is 15.5 Å². The summed E-state index contributed by atoms with van der Waals surface area (Å²) < 4.78 is 10.8. The number of hydrogen-bond acceptors (Lipinski definition) is 4. The van der Waals surface area contributed by atoms with Crippen LogP contribution < -0.4 is 20.1 Å². The van der Waals surface area contributed by atoms with E-state index in [0.717, 1.165) is 5.56 Å². The van der Waals surface area contributed by atoms with Crippen molar-refractivity contribution in [3.63, 3.8) is 0 Å². The smallest absolute Gasteiger partial charge is 0.319 e. The first-order chi connectivity index (χ1) is 10.6. The Morgan fingerprint density at radius 2 is 2.23 bits per heavy atom. The maximum Gasteiger partial charge on any atom is 0.319 e. The molecule has 7 heteroatoms. The molecule has 0 spiro atoms. The first-order valence-electron chi connectivity index (χ1n) is 7.01. The summed E-state index contributed by atoms with van der Waals surface area (Å²) in [7, 11) is 1.59. The van der Waals surface area contributed by atoms with Gasteiger partial charge in [-0.3, -0.25) is 5.10 Å². The lowest BCUT2D eigenvalue weighted by molar-refractivity contribution is 0.249. The van der Waals surface area contributed by atoms with E-state index >= 15 is 0 Å². The molecule has 0 aliphatic rings. The van der Waals surface area contributed by atoms with Gasteiger partial charge >= 0.3 is 6.03 Å². The quantitative estimate of drug-likeness (QED) is 0.765. The van der Waals surface area contributed by atoms with Gasteiger partial charge in [0.15, 0.2) is 11.5 Å². The topological polar surface area (TPSA) is 88.3 Å². The molecular weight excluding hydrogens is 284 g/mol. The van der Waals surface area contributed by atoms with Gasteiger partial charge in [-0.1, -0.05) is 6.07 Å². The van der Waals surface area contributed by atoms with Crippen LogP contribution in [0, 0.1) is 0 Å². The molecule has 0 bridgehead atoms. The fourth-order valence-electron chi connectivity index (χ4n) is 1.99. The lowest BCUT2D eigenvalue weighted by Crippen LogP contribution is -2.31. The van der Waals surface area contributed by atoms with Gasteiger partial charge < -0.3 is 20.1 Å². The molecule has 1 aromatic carbocycles. The number of nitrogens with one attached hydrogen (secondary N) is 3. The van der Waals surface area contributed by atoms with E-state index in [1.165, 1.54) is 6.20 Å². The molecule has 2 amide bonds. The minimum atomic E-state index is -0.304. The van der Waals surface area contributed by atoms with Crippen LogP contribution in [-0.4, -0.2) is 29.9 Å². The Morgan fingerprint density at radius 1 is 1.41 bits per heavy atom. The van der Waals surface area contributed by atoms with Gasteiger partial charge in [-0.15, -0.1) is 0 Å². The van der Waals surface area contributed by atoms with Crippen molar-refractivity contribution in [2.45, 2.75) is 19.9 Å². The molecule has 1 aromatic heterocycles. The lowest BCUT2D eigenvalue weighted by Gasteiger charge is -2.17. The van der Waals surface area contributed by atoms with Crippen molar-refractivity contribution in [1.29, 1.82) is 0 Å². The summed E-state index contributed by atoms with van der Waals surface area (Å²) in [5, 5.41) is 11.9. The number of methoxy groups -OCH3 is 1. The highest BCUT2D eigenvalue weighted by Crippen LogP contribution is 2.30. The number of rotatable bonds is 6. The van der Waals surface area contributed by atoms with E-state index in [9.17, 15) is 4.79 Å². The molecule has 0 aliphatic carbocycles. The number of aromatic nitrogens is 2. The number of ether oxygens (including phenoxy) is 2. The van der Waals surface area contributed by atoms with Crippen molar-refractivity contribution in [2.75, 3.05) is 19.0 Å². The van der Waals surface area contributed by atoms with Gasteiger partial charge in [-0.2, -0.15) is 5.10 Å². The molecule has 0 fully saturated rings. The maximum atomic E-state index is 11.9. The summed E-state index contributed by atoms with van der Waals surface area (Å²) in [5.41, 5.74) is 1.52. The Balaban J connectivity index is 2.02. The van der Waals surface area contributed by atoms with E-state index in [1.807, 2.05) is 32.0 Å². The predicted octanol–water partition coefficient (Wildman–Crippen LogP) is 2.70. The minimum Gasteiger partial charge on any atom is -0.493 e. The fourth-order valence-corrected chi connectivity index (χ4v) is 1.99. The van der Waals surface area contributed by atoms with Gasteiger partial charge in [0.2, 0.25) is 0 Å². The number of nitrogens with zero attached hydrogens (tertiary/aromatic N) is 1. The molecular formula is C15H20N4O3. The zero-order chi connectivity index (χ0) is 15.9. The van der Waals surface area contributed by atoms with Crippen LogP contribution in [0.1, 0.15) is 25.5 Å². The van der Waals surface area contributed by atoms with Gasteiger partial charge in [-0.25, -0.2) is 4.79 Å². The molecule has 0 unspecified atom stereocenters. The number of aromatic amines is 1. The summed E-state index contributed by atoms with van der Waals surface area (Å²) >= 11 is 0. The third kappa shape index (κ3) is 3.91. The van der Waals surface area contributed by atoms with Crippen LogP contribution >= 0.6 is 0 Å². The maximum absolute atomic E-state index is 11.9. The van der Waals surface area contributed by atoms with Gasteiger partial charge in [-0.05, 0) is 31.5 Å². The minimum absolute atomic E-state index is 0.184. The van der Waals surface area contributed by atoms with Crippen molar-refractivity contribution < 1.29 is 14.3 Å². The third-order valence-corrected chi connectivity index (χ3v) is 3.09. The number of anilines is 1. The van der Waals surface area contributed by atoms with Gasteiger partial charge in [0.05, 0.1) is 31.6 Å². The van der Waals surface area contributed by atoms with Crippen molar-refractivity contribution in [3.05, 3.63) is 36.2 Å². The van der Waals surface area contributed by atoms with Crippen molar-refractivity contribution in [3.8, 4) is 11.5 Å². The Hall–Kier alpha value is -2.70. The molecule has 22 heavy (non-hydrogen) atoms. The fraction of sp³-hybridized carbons (Fsp3) is 0.333. The number of carbonyl (C=O) groups excluding carboxylic acids is 1. The molecule has 3 N–H and O–H groups in total. The van der Waals surface area contributed by atoms with Crippen LogP contribution in [0.4, 0.5) is 10.5 Å². The summed E-state index contributed by atoms with van der Waals surface area (Å²) in [5.74, 6) is 1.33. The monoisotopic (exact) mass is 304 g/mol. The number of hydrogen-bond donors (Lipinski definition) is 3. The Morgan fingerprint density at radius 3 is 2.86 bits per heavy atom. The first-order valence-corrected chi connectivity index (χ1v) is 7.01. The van der Waals surface area contributed by atoms with Crippen LogP contribution in [0.15, 0.2) is 30.6 Å². The predicted molar refractivity (Wildman–Crippen MR) is 83.3 cm³/mol. The third-order valence-electron chi connectivity index (χ3n) is 3.09. The zero-order valence-corrected chi connectivity index (χ0v) is 12.8. The van der Waals surface area contributed by atoms with Crippen molar-refractivity contribution >= 4 is 11.7 Å². The first kappa shape index (κ1) is 15.7. The molecule has 7 nitrogen and oxygen atoms in total. The van der Waals surface area contributed by atoms with Gasteiger partial charge in [0, 0.05) is 6.20 Å². The standard InChI is InChI=1S/C15H20N4O3/c1-4-22-13-6-5-11(7-14(13)21-3)10(2)18-15(20)19-12-8-16-17-9-12/h5-10H,4H2,1-3H3,(H,16,17)(H2,18,19,20)/t10-/m1/s1. The highest BCUT2D eigenvalue weighted by atomic mass is 16.5. The number of urea groups is 1. The van der Waals surface area contributed by atoms with E-state index < -0.39 is 0 Å². The lowest BCUT2D eigenvalue weighted by atomic mass is 10.1. The molecule has 0 aliphatic heterocycles. The number of H-pyrrole nitrogens is 1. The number of carbonyl (C=O) groups is 1. The largest absolute Gasteiger partial charge is 0.493 e. The normalized spacial score (nSPS) is 11.6. The van der Waals surface area contributed by atoms with Crippen LogP contribution in [0.5, 0.6) is 11.5 Å². The van der Waals surface area contributed by atoms with Crippen LogP contribution in [-0.2, 0) is 0 Å². The van der Waals surface area contributed by atoms with Gasteiger partial charge in [0.1, 0.15) is 0 Å². The highest BCUT2D eigenvalue weighted by molar-refractivity contribution is 5.89. The van der Waals surface area contributed by atoms with Crippen molar-refractivity contribution in [2.24, 2.45) is 0 Å². The second-order valence-electron chi connectivity index (χ2n) is 4.65. The molecule has 0 saturated carbocycles. The van der Waals surface area contributed by atoms with Gasteiger partial charge in [0.25, 0.3) is 0 Å². The average molecular weight is 304 g/mol. The van der Waals surface area contributed by atoms with E-state index in [1.54, 1.807) is 13.3 Å². The van der Waals surface area contributed by atoms with Crippen LogP contribution in [0.3, 0.4) is 0 Å². The molecule has 118 valence electrons. The highest BCUT2D eigenvalue weighted by Gasteiger charge is 2.13. The zero-order valence-electron chi connectivity index (χ0n) is 12.8. The second-order valence-corrected chi connectivity index (χ2v) is 4.65. The number of benzene rings is 1. The van der Waals surface area contributed by atoms with Crippen LogP contribution in [0.2, 0.25) is 0 Å². The van der Waals surface area contributed by atoms with Crippen LogP contribution in [0.25, 0.3) is 0 Å².